The molecule has 0 atom stereocenters. The number of hydrogen-bond donors (Lipinski definition) is 0. The third kappa shape index (κ3) is 8.38. The van der Waals surface area contributed by atoms with Crippen molar-refractivity contribution in [1.82, 2.24) is 0 Å². The summed E-state index contributed by atoms with van der Waals surface area (Å²) in [6.45, 7) is 6.20. The van der Waals surface area contributed by atoms with Gasteiger partial charge in [-0.15, -0.1) is 0 Å². The molecule has 0 aliphatic rings. The van der Waals surface area contributed by atoms with Crippen LogP contribution in [0.15, 0.2) is 24.3 Å². The molecule has 0 saturated heterocycles. The van der Waals surface area contributed by atoms with Gasteiger partial charge in [-0.3, -0.25) is 0 Å². The molecule has 0 aromatic carbocycles. The Kier molecular flexibility index (Phi) is 5.98. The van der Waals surface area contributed by atoms with Crippen LogP contribution in [-0.4, -0.2) is 18.4 Å². The van der Waals surface area contributed by atoms with Gasteiger partial charge in [-0.25, -0.2) is 0 Å². The van der Waals surface area contributed by atoms with Crippen LogP contribution in [-0.2, 0) is 0 Å². The van der Waals surface area contributed by atoms with E-state index in [4.69, 9.17) is 0 Å². The minimum absolute atomic E-state index is 1.15. The molecular formula is C11H22Sn. The van der Waals surface area contributed by atoms with E-state index in [1.54, 1.807) is 0 Å². The Labute approximate surface area is 81.6 Å². The van der Waals surface area contributed by atoms with Crippen LogP contribution in [0.5, 0.6) is 0 Å². The van der Waals surface area contributed by atoms with Gasteiger partial charge in [0.05, 0.1) is 0 Å². The van der Waals surface area contributed by atoms with Crippen molar-refractivity contribution in [3.05, 3.63) is 24.3 Å². The molecule has 0 fully saturated rings. The van der Waals surface area contributed by atoms with Crippen LogP contribution < -0.4 is 0 Å². The van der Waals surface area contributed by atoms with Crippen molar-refractivity contribution in [3.63, 3.8) is 0 Å². The zero-order valence-electron chi connectivity index (χ0n) is 8.98. The first-order chi connectivity index (χ1) is 5.45. The Balaban J connectivity index is 3.69. The van der Waals surface area contributed by atoms with Crippen molar-refractivity contribution < 1.29 is 0 Å². The van der Waals surface area contributed by atoms with Crippen LogP contribution in [0.1, 0.15) is 19.8 Å². The molecule has 0 aliphatic carbocycles. The van der Waals surface area contributed by atoms with Gasteiger partial charge < -0.3 is 0 Å². The van der Waals surface area contributed by atoms with Crippen LogP contribution in [0.25, 0.3) is 0 Å². The molecule has 0 aromatic heterocycles. The van der Waals surface area contributed by atoms with Gasteiger partial charge in [0.1, 0.15) is 0 Å². The predicted molar refractivity (Wildman–Crippen MR) is 61.3 cm³/mol. The molecule has 0 aromatic rings. The summed E-state index contributed by atoms with van der Waals surface area (Å²) < 4.78 is 1.34. The Morgan fingerprint density at radius 3 is 2.33 bits per heavy atom. The van der Waals surface area contributed by atoms with Crippen LogP contribution in [0.3, 0.4) is 0 Å². The summed E-state index contributed by atoms with van der Waals surface area (Å²) in [6.07, 6.45) is 6.90. The molecular weight excluding hydrogens is 251 g/mol. The number of allylic oxidation sites excluding steroid dienone is 3. The van der Waals surface area contributed by atoms with Crippen molar-refractivity contribution in [3.8, 4) is 0 Å². The number of hydrogen-bond acceptors (Lipinski definition) is 0. The quantitative estimate of drug-likeness (QED) is 0.519. The summed E-state index contributed by atoms with van der Waals surface area (Å²) in [7, 11) is 0. The molecule has 0 heterocycles. The SMILES string of the molecule is C=C(/C=C\[CH2][Sn]([CH3])([CH3])[CH3])CCC. The fourth-order valence-electron chi connectivity index (χ4n) is 0.984. The van der Waals surface area contributed by atoms with Gasteiger partial charge in [0, 0.05) is 0 Å². The van der Waals surface area contributed by atoms with Gasteiger partial charge in [-0.2, -0.15) is 0 Å². The molecule has 0 rings (SSSR count). The van der Waals surface area contributed by atoms with E-state index in [1.807, 2.05) is 0 Å². The van der Waals surface area contributed by atoms with E-state index >= 15 is 0 Å². The Morgan fingerprint density at radius 1 is 1.33 bits per heavy atom. The van der Waals surface area contributed by atoms with Crippen LogP contribution >= 0.6 is 0 Å². The molecule has 0 radical (unpaired) electrons. The summed E-state index contributed by atoms with van der Waals surface area (Å²) in [5.41, 5.74) is 1.29. The molecule has 70 valence electrons. The fourth-order valence-corrected chi connectivity index (χ4v) is 3.34. The summed E-state index contributed by atoms with van der Waals surface area (Å²) in [5.74, 6) is 0. The fraction of sp³-hybridized carbons (Fsp3) is 0.636. The van der Waals surface area contributed by atoms with Crippen molar-refractivity contribution >= 4 is 18.4 Å². The maximum absolute atomic E-state index is 4.00. The second-order valence-corrected chi connectivity index (χ2v) is 20.4. The Hall–Kier alpha value is 0.279. The number of rotatable bonds is 5. The zero-order chi connectivity index (χ0) is 9.61. The van der Waals surface area contributed by atoms with Crippen LogP contribution in [0.2, 0.25) is 19.3 Å². The molecule has 0 aliphatic heterocycles. The van der Waals surface area contributed by atoms with Gasteiger partial charge in [-0.05, 0) is 0 Å². The summed E-state index contributed by atoms with van der Waals surface area (Å²) in [5, 5.41) is 0. The molecule has 0 spiro atoms. The Morgan fingerprint density at radius 2 is 1.92 bits per heavy atom. The van der Waals surface area contributed by atoms with Crippen molar-refractivity contribution in [1.29, 1.82) is 0 Å². The van der Waals surface area contributed by atoms with Crippen molar-refractivity contribution in [2.75, 3.05) is 0 Å². The average molecular weight is 273 g/mol. The normalized spacial score (nSPS) is 12.3. The second-order valence-electron chi connectivity index (χ2n) is 4.58. The van der Waals surface area contributed by atoms with Crippen LogP contribution in [0.4, 0.5) is 0 Å². The van der Waals surface area contributed by atoms with Gasteiger partial charge in [-0.1, -0.05) is 0 Å². The first-order valence-corrected chi connectivity index (χ1v) is 15.4. The van der Waals surface area contributed by atoms with E-state index in [1.165, 1.54) is 16.4 Å². The molecule has 12 heavy (non-hydrogen) atoms. The summed E-state index contributed by atoms with van der Waals surface area (Å²) in [4.78, 5) is 7.38. The maximum atomic E-state index is 4.00. The topological polar surface area (TPSA) is 0 Å². The van der Waals surface area contributed by atoms with Gasteiger partial charge in [0.15, 0.2) is 0 Å². The molecule has 0 unspecified atom stereocenters. The van der Waals surface area contributed by atoms with E-state index in [0.29, 0.717) is 0 Å². The van der Waals surface area contributed by atoms with E-state index in [0.717, 1.165) is 6.42 Å². The van der Waals surface area contributed by atoms with Crippen molar-refractivity contribution in [2.24, 2.45) is 0 Å². The predicted octanol–water partition coefficient (Wildman–Crippen LogP) is 4.24. The monoisotopic (exact) mass is 274 g/mol. The molecule has 0 nitrogen and oxygen atoms in total. The van der Waals surface area contributed by atoms with Gasteiger partial charge in [0.2, 0.25) is 0 Å². The van der Waals surface area contributed by atoms with E-state index in [-0.39, 0.29) is 0 Å². The molecule has 1 heteroatoms. The molecule has 0 bridgehead atoms. The molecule has 0 N–H and O–H groups in total. The van der Waals surface area contributed by atoms with E-state index in [2.05, 4.69) is 40.5 Å². The second kappa shape index (κ2) is 5.84. The summed E-state index contributed by atoms with van der Waals surface area (Å²) in [6, 6.07) is 0. The average Bonchev–Trinajstić information content (AvgIpc) is 1.84. The van der Waals surface area contributed by atoms with Crippen molar-refractivity contribution in [2.45, 2.75) is 39.0 Å². The molecule has 0 amide bonds. The van der Waals surface area contributed by atoms with Crippen LogP contribution in [0, 0.1) is 0 Å². The summed E-state index contributed by atoms with van der Waals surface area (Å²) >= 11 is -1.53. The standard InChI is InChI=1S/C8H13.3CH3.Sn/c1-4-6-8(3)7-5-2;;;;/h4,6H,1,3,5,7H2,2H3;3*1H3;/b6-4-;;;;. The van der Waals surface area contributed by atoms with Gasteiger partial charge >= 0.3 is 81.7 Å². The van der Waals surface area contributed by atoms with Gasteiger partial charge in [0.25, 0.3) is 0 Å². The third-order valence-electron chi connectivity index (χ3n) is 1.65. The molecule has 0 saturated carbocycles. The first kappa shape index (κ1) is 12.3. The van der Waals surface area contributed by atoms with E-state index in [9.17, 15) is 0 Å². The van der Waals surface area contributed by atoms with E-state index < -0.39 is 18.4 Å². The first-order valence-electron chi connectivity index (χ1n) is 4.80. The zero-order valence-corrected chi connectivity index (χ0v) is 11.8. The minimum atomic E-state index is -1.53. The third-order valence-corrected chi connectivity index (χ3v) is 5.82. The Bertz CT molecular complexity index is 160.